The van der Waals surface area contributed by atoms with E-state index in [2.05, 4.69) is 35.6 Å². The van der Waals surface area contributed by atoms with Crippen molar-refractivity contribution >= 4 is 50.6 Å². The number of rotatable bonds is 14. The maximum absolute atomic E-state index is 14.4. The van der Waals surface area contributed by atoms with Crippen molar-refractivity contribution in [3.63, 3.8) is 0 Å². The van der Waals surface area contributed by atoms with E-state index in [1.165, 1.54) is 21.8 Å². The van der Waals surface area contributed by atoms with Gasteiger partial charge < -0.3 is 34.2 Å². The van der Waals surface area contributed by atoms with Gasteiger partial charge in [-0.1, -0.05) is 0 Å². The molecule has 8 atom stereocenters. The summed E-state index contributed by atoms with van der Waals surface area (Å²) in [6.07, 6.45) is -1.80. The lowest BCUT2D eigenvalue weighted by molar-refractivity contribution is -0.0457. The first-order chi connectivity index (χ1) is 23.6. The van der Waals surface area contributed by atoms with Gasteiger partial charge in [-0.3, -0.25) is 14.7 Å². The molecule has 0 aliphatic carbocycles. The van der Waals surface area contributed by atoms with Crippen LogP contribution in [-0.4, -0.2) is 108 Å². The van der Waals surface area contributed by atoms with Crippen molar-refractivity contribution in [3.05, 3.63) is 41.3 Å². The van der Waals surface area contributed by atoms with E-state index in [0.29, 0.717) is 6.54 Å². The number of H-pyrrole nitrogens is 1. The minimum Gasteiger partial charge on any atom is -0.448 e. The Bertz CT molecular complexity index is 1910. The number of nitrogens with zero attached hydrogens (tertiary/aromatic N) is 6. The highest BCUT2D eigenvalue weighted by Gasteiger charge is 2.46. The molecule has 24 heteroatoms. The van der Waals surface area contributed by atoms with Crippen LogP contribution in [0, 0.1) is 5.82 Å². The Morgan fingerprint density at radius 3 is 2.67 bits per heavy atom. The highest BCUT2D eigenvalue weighted by atomic mass is 31.1. The standard InChI is InChI=1S/C25H28FN9O12P2/c1-27-2-3-42-25(38)33-21-20-23(30-9-28-21)35(11-32-20)18-5-14(16(46-18)8-43-48(39)40)47-49(41)44-7-15-13(36)4-17(45-15)34-6-12(26)19-22(34)29-10-31-24(19)37/h6,9-11,13-18,27,36H,2-5,7-8H2,1H3,(H-2,28,29,30,31,33,37,38,39,40)/p+2/t13-,14-,15+,16?,17+,18+/m0/s1. The summed E-state index contributed by atoms with van der Waals surface area (Å²) in [5, 5.41) is 15.7. The van der Waals surface area contributed by atoms with Crippen LogP contribution in [0.15, 0.2) is 30.0 Å². The molecule has 5 N–H and O–H groups in total. The fourth-order valence-electron chi connectivity index (χ4n) is 5.38. The lowest BCUT2D eigenvalue weighted by atomic mass is 10.2. The summed E-state index contributed by atoms with van der Waals surface area (Å²) in [5.41, 5.74) is -0.170. The molecule has 2 saturated heterocycles. The molecular weight excluding hydrogens is 699 g/mol. The van der Waals surface area contributed by atoms with E-state index in [4.69, 9.17) is 27.8 Å². The maximum atomic E-state index is 14.4. The molecule has 6 rings (SSSR count). The predicted molar refractivity (Wildman–Crippen MR) is 162 cm³/mol. The van der Waals surface area contributed by atoms with Crippen LogP contribution in [-0.2, 0) is 36.9 Å². The number of halogens is 1. The first kappa shape index (κ1) is 34.9. The number of likely N-dealkylation sites (N-methyl/N-ethyl adjacent to an activating group) is 1. The highest BCUT2D eigenvalue weighted by molar-refractivity contribution is 7.33. The smallest absolute Gasteiger partial charge is 0.448 e. The number of carbonyl (C=O) groups is 1. The van der Waals surface area contributed by atoms with Gasteiger partial charge in [0, 0.05) is 34.7 Å². The number of carbonyl (C=O) groups excluding carboxylic acids is 1. The molecule has 2 aliphatic rings. The first-order valence-electron chi connectivity index (χ1n) is 14.7. The van der Waals surface area contributed by atoms with Gasteiger partial charge in [-0.2, -0.15) is 0 Å². The van der Waals surface area contributed by atoms with Gasteiger partial charge in [-0.25, -0.2) is 29.1 Å². The van der Waals surface area contributed by atoms with Crippen LogP contribution < -0.4 is 16.2 Å². The molecule has 0 saturated carbocycles. The summed E-state index contributed by atoms with van der Waals surface area (Å²) in [6, 6.07) is 0. The molecule has 0 aromatic carbocycles. The van der Waals surface area contributed by atoms with Gasteiger partial charge in [0.25, 0.3) is 5.56 Å². The van der Waals surface area contributed by atoms with E-state index in [-0.39, 0.29) is 54.1 Å². The van der Waals surface area contributed by atoms with E-state index in [0.717, 1.165) is 12.5 Å². The number of hydrogen-bond acceptors (Lipinski definition) is 16. The van der Waals surface area contributed by atoms with Crippen LogP contribution in [0.1, 0.15) is 25.3 Å². The third kappa shape index (κ3) is 7.78. The van der Waals surface area contributed by atoms with E-state index >= 15 is 0 Å². The zero-order valence-electron chi connectivity index (χ0n) is 25.4. The highest BCUT2D eigenvalue weighted by Crippen LogP contribution is 2.40. The Hall–Kier alpha value is -3.95. The average Bonchev–Trinajstić information content (AvgIpc) is 3.84. The van der Waals surface area contributed by atoms with Crippen molar-refractivity contribution in [2.75, 3.05) is 38.7 Å². The summed E-state index contributed by atoms with van der Waals surface area (Å²) in [5.74, 6) is -0.732. The summed E-state index contributed by atoms with van der Waals surface area (Å²) in [7, 11) is -4.15. The molecule has 6 heterocycles. The Morgan fingerprint density at radius 1 is 1.10 bits per heavy atom. The van der Waals surface area contributed by atoms with E-state index < -0.39 is 77.5 Å². The molecule has 262 valence electrons. The van der Waals surface area contributed by atoms with Crippen molar-refractivity contribution in [3.8, 4) is 0 Å². The van der Waals surface area contributed by atoms with Crippen molar-refractivity contribution in [2.24, 2.45) is 0 Å². The van der Waals surface area contributed by atoms with Crippen LogP contribution in [0.4, 0.5) is 15.0 Å². The second-order valence-electron chi connectivity index (χ2n) is 10.7. The van der Waals surface area contributed by atoms with E-state index in [9.17, 15) is 33.1 Å². The van der Waals surface area contributed by atoms with Crippen LogP contribution >= 0.6 is 16.5 Å². The average molecular weight is 730 g/mol. The fraction of sp³-hybridized carbons (Fsp3) is 0.520. The molecule has 49 heavy (non-hydrogen) atoms. The van der Waals surface area contributed by atoms with Gasteiger partial charge >= 0.3 is 22.6 Å². The van der Waals surface area contributed by atoms with Crippen LogP contribution in [0.2, 0.25) is 0 Å². The van der Waals surface area contributed by atoms with Gasteiger partial charge in [0.05, 0.1) is 18.8 Å². The zero-order chi connectivity index (χ0) is 34.7. The lowest BCUT2D eigenvalue weighted by Gasteiger charge is -2.14. The Labute approximate surface area is 275 Å². The molecule has 1 amide bonds. The molecule has 2 aliphatic heterocycles. The van der Waals surface area contributed by atoms with Crippen molar-refractivity contribution in [1.82, 2.24) is 39.4 Å². The van der Waals surface area contributed by atoms with E-state index in [1.807, 2.05) is 0 Å². The number of anilines is 1. The Morgan fingerprint density at radius 2 is 1.88 bits per heavy atom. The lowest BCUT2D eigenvalue weighted by Crippen LogP contribution is -2.28. The minimum atomic E-state index is -2.99. The number of fused-ring (bicyclic) bond motifs is 2. The van der Waals surface area contributed by atoms with Gasteiger partial charge in [0.15, 0.2) is 28.4 Å². The first-order valence-corrected chi connectivity index (χ1v) is 16.9. The minimum absolute atomic E-state index is 0.00255. The number of aromatic amines is 1. The largest absolute Gasteiger partial charge is 0.697 e. The van der Waals surface area contributed by atoms with E-state index in [1.54, 1.807) is 7.05 Å². The number of imidazole rings is 1. The summed E-state index contributed by atoms with van der Waals surface area (Å²) >= 11 is 0. The van der Waals surface area contributed by atoms with Crippen molar-refractivity contribution in [2.45, 2.75) is 49.7 Å². The third-order valence-electron chi connectivity index (χ3n) is 7.65. The number of hydrogen-bond donors (Lipinski definition) is 5. The number of nitrogens with one attached hydrogen (secondary N) is 3. The van der Waals surface area contributed by atoms with Gasteiger partial charge in [-0.15, -0.1) is 18.5 Å². The molecule has 2 fully saturated rings. The molecule has 4 aromatic rings. The Balaban J connectivity index is 1.09. The van der Waals surface area contributed by atoms with Gasteiger partial charge in [0.2, 0.25) is 0 Å². The number of aliphatic hydroxyl groups is 1. The Kier molecular flexibility index (Phi) is 10.9. The molecule has 0 radical (unpaired) electrons. The van der Waals surface area contributed by atoms with Crippen LogP contribution in [0.25, 0.3) is 22.2 Å². The number of aromatic nitrogens is 7. The molecule has 0 spiro atoms. The second kappa shape index (κ2) is 15.3. The summed E-state index contributed by atoms with van der Waals surface area (Å²) in [4.78, 5) is 52.3. The van der Waals surface area contributed by atoms with Gasteiger partial charge in [0.1, 0.15) is 62.3 Å². The molecular formula is C25H30FN9O12P2+2. The topological polar surface area (TPSA) is 265 Å². The SMILES string of the molecule is CNCCOC(=O)Nc1ncnc2c1ncn2[C@H]1C[C@H](O[P+](=O)OC[C@H]2O[C@@H](n3cc(F)c4c(=O)[nH]cnc43)C[C@@H]2O)C(CO[P+](=O)O)O1. The molecule has 4 aromatic heterocycles. The number of aliphatic hydroxyl groups excluding tert-OH is 1. The quantitative estimate of drug-likeness (QED) is 0.0899. The monoisotopic (exact) mass is 729 g/mol. The van der Waals surface area contributed by atoms with Gasteiger partial charge in [-0.05, 0) is 7.05 Å². The summed E-state index contributed by atoms with van der Waals surface area (Å²) < 4.78 is 74.1. The van der Waals surface area contributed by atoms with Crippen LogP contribution in [0.3, 0.4) is 0 Å². The van der Waals surface area contributed by atoms with Crippen LogP contribution in [0.5, 0.6) is 0 Å². The third-order valence-corrected chi connectivity index (χ3v) is 8.83. The van der Waals surface area contributed by atoms with Crippen molar-refractivity contribution in [1.29, 1.82) is 0 Å². The number of amides is 1. The molecule has 21 nitrogen and oxygen atoms in total. The summed E-state index contributed by atoms with van der Waals surface area (Å²) in [6.45, 7) is -0.227. The fourth-order valence-corrected chi connectivity index (χ4v) is 6.43. The normalized spacial score (nSPS) is 24.5. The van der Waals surface area contributed by atoms with Crippen molar-refractivity contribution < 1.29 is 56.1 Å². The maximum Gasteiger partial charge on any atom is 0.697 e. The number of ether oxygens (including phenoxy) is 3. The predicted octanol–water partition coefficient (Wildman–Crippen LogP) is 1.13. The second-order valence-corrected chi connectivity index (χ2v) is 12.4. The molecule has 3 unspecified atom stereocenters. The zero-order valence-corrected chi connectivity index (χ0v) is 27.2. The molecule has 0 bridgehead atoms.